The van der Waals surface area contributed by atoms with Gasteiger partial charge in [-0.2, -0.15) is 0 Å². The first-order valence-corrected chi connectivity index (χ1v) is 7.93. The summed E-state index contributed by atoms with van der Waals surface area (Å²) in [6.07, 6.45) is 3.68. The number of carbonyl (C=O) groups excluding carboxylic acids is 1. The Bertz CT molecular complexity index is 388. The fraction of sp³-hybridized carbons (Fsp3) is 0.867. The molecule has 2 amide bonds. The van der Waals surface area contributed by atoms with Crippen LogP contribution in [0.4, 0.5) is 4.79 Å². The third-order valence-corrected chi connectivity index (χ3v) is 4.47. The van der Waals surface area contributed by atoms with Gasteiger partial charge in [0.15, 0.2) is 0 Å². The molecule has 1 N–H and O–H groups in total. The number of hydrogen-bond acceptors (Lipinski definition) is 3. The number of morpholine rings is 1. The summed E-state index contributed by atoms with van der Waals surface area (Å²) in [5, 5.41) is 9.04. The Morgan fingerprint density at radius 1 is 1.24 bits per heavy atom. The van der Waals surface area contributed by atoms with E-state index in [0.29, 0.717) is 19.7 Å². The van der Waals surface area contributed by atoms with Crippen molar-refractivity contribution in [3.8, 4) is 0 Å². The van der Waals surface area contributed by atoms with Crippen molar-refractivity contribution in [3.63, 3.8) is 0 Å². The third kappa shape index (κ3) is 3.87. The van der Waals surface area contributed by atoms with Gasteiger partial charge in [0.05, 0.1) is 25.2 Å². The van der Waals surface area contributed by atoms with Gasteiger partial charge >= 0.3 is 12.0 Å². The quantitative estimate of drug-likeness (QED) is 0.864. The zero-order valence-corrected chi connectivity index (χ0v) is 13.0. The lowest BCUT2D eigenvalue weighted by Gasteiger charge is -2.44. The maximum atomic E-state index is 12.9. The number of carbonyl (C=O) groups is 2. The SMILES string of the molecule is CCC1COC(C)CN1C(=O)N1CCCCC1CC(=O)O. The second-order valence-corrected chi connectivity index (χ2v) is 6.08. The lowest BCUT2D eigenvalue weighted by atomic mass is 9.99. The molecule has 0 aromatic rings. The molecule has 21 heavy (non-hydrogen) atoms. The van der Waals surface area contributed by atoms with Gasteiger partial charge in [-0.1, -0.05) is 6.92 Å². The zero-order valence-electron chi connectivity index (χ0n) is 13.0. The van der Waals surface area contributed by atoms with Crippen LogP contribution < -0.4 is 0 Å². The van der Waals surface area contributed by atoms with Crippen molar-refractivity contribution in [2.24, 2.45) is 0 Å². The van der Waals surface area contributed by atoms with Crippen LogP contribution in [0.3, 0.4) is 0 Å². The Hall–Kier alpha value is -1.30. The number of amides is 2. The first-order chi connectivity index (χ1) is 10.0. The van der Waals surface area contributed by atoms with Gasteiger partial charge in [0, 0.05) is 19.1 Å². The Labute approximate surface area is 126 Å². The average molecular weight is 298 g/mol. The van der Waals surface area contributed by atoms with Crippen LogP contribution in [0.1, 0.15) is 46.0 Å². The lowest BCUT2D eigenvalue weighted by Crippen LogP contribution is -2.58. The average Bonchev–Trinajstić information content (AvgIpc) is 2.46. The fourth-order valence-corrected chi connectivity index (χ4v) is 3.25. The highest BCUT2D eigenvalue weighted by atomic mass is 16.5. The summed E-state index contributed by atoms with van der Waals surface area (Å²) in [7, 11) is 0. The molecule has 3 unspecified atom stereocenters. The van der Waals surface area contributed by atoms with Gasteiger partial charge in [-0.3, -0.25) is 4.79 Å². The predicted octanol–water partition coefficient (Wildman–Crippen LogP) is 1.93. The van der Waals surface area contributed by atoms with E-state index in [9.17, 15) is 9.59 Å². The summed E-state index contributed by atoms with van der Waals surface area (Å²) in [5.74, 6) is -0.831. The van der Waals surface area contributed by atoms with E-state index in [1.54, 1.807) is 4.90 Å². The molecule has 0 aromatic carbocycles. The van der Waals surface area contributed by atoms with Crippen LogP contribution in [0.25, 0.3) is 0 Å². The number of rotatable bonds is 3. The van der Waals surface area contributed by atoms with Crippen molar-refractivity contribution < 1.29 is 19.4 Å². The van der Waals surface area contributed by atoms with Crippen LogP contribution in [0.2, 0.25) is 0 Å². The molecule has 3 atom stereocenters. The molecule has 0 aliphatic carbocycles. The summed E-state index contributed by atoms with van der Waals surface area (Å²) in [5.41, 5.74) is 0. The number of ether oxygens (including phenoxy) is 1. The normalized spacial score (nSPS) is 30.3. The Morgan fingerprint density at radius 2 is 2.00 bits per heavy atom. The standard InChI is InChI=1S/C15H26N2O4/c1-3-12-10-21-11(2)9-17(12)15(20)16-7-5-4-6-13(16)8-14(18)19/h11-13H,3-10H2,1-2H3,(H,18,19). The number of urea groups is 1. The van der Waals surface area contributed by atoms with Gasteiger partial charge in [0.2, 0.25) is 0 Å². The van der Waals surface area contributed by atoms with Crippen molar-refractivity contribution in [3.05, 3.63) is 0 Å². The molecular formula is C15H26N2O4. The third-order valence-electron chi connectivity index (χ3n) is 4.47. The van der Waals surface area contributed by atoms with E-state index in [4.69, 9.17) is 9.84 Å². The molecule has 2 aliphatic rings. The highest BCUT2D eigenvalue weighted by Gasteiger charge is 2.36. The number of carboxylic acids is 1. The second-order valence-electron chi connectivity index (χ2n) is 6.08. The monoisotopic (exact) mass is 298 g/mol. The van der Waals surface area contributed by atoms with Gasteiger partial charge < -0.3 is 19.6 Å². The zero-order chi connectivity index (χ0) is 15.4. The van der Waals surface area contributed by atoms with E-state index in [1.807, 2.05) is 11.8 Å². The Morgan fingerprint density at radius 3 is 2.67 bits per heavy atom. The van der Waals surface area contributed by atoms with Gasteiger partial charge in [-0.25, -0.2) is 4.79 Å². The Balaban J connectivity index is 2.09. The molecule has 2 rings (SSSR count). The first kappa shape index (κ1) is 16.1. The van der Waals surface area contributed by atoms with E-state index in [1.165, 1.54) is 0 Å². The number of aliphatic carboxylic acids is 1. The van der Waals surface area contributed by atoms with Crippen LogP contribution in [-0.4, -0.2) is 64.8 Å². The topological polar surface area (TPSA) is 70.1 Å². The second kappa shape index (κ2) is 7.11. The highest BCUT2D eigenvalue weighted by Crippen LogP contribution is 2.24. The highest BCUT2D eigenvalue weighted by molar-refractivity contribution is 5.77. The minimum absolute atomic E-state index is 0.0112. The lowest BCUT2D eigenvalue weighted by molar-refractivity contribution is -0.138. The van der Waals surface area contributed by atoms with E-state index in [2.05, 4.69) is 6.92 Å². The smallest absolute Gasteiger partial charge is 0.320 e. The molecule has 2 aliphatic heterocycles. The number of likely N-dealkylation sites (tertiary alicyclic amines) is 1. The fourth-order valence-electron chi connectivity index (χ4n) is 3.25. The summed E-state index contributed by atoms with van der Waals surface area (Å²) in [6.45, 7) is 5.85. The van der Waals surface area contributed by atoms with E-state index >= 15 is 0 Å². The van der Waals surface area contributed by atoms with E-state index in [0.717, 1.165) is 25.7 Å². The van der Waals surface area contributed by atoms with Crippen molar-refractivity contribution in [2.45, 2.75) is 64.1 Å². The van der Waals surface area contributed by atoms with Crippen molar-refractivity contribution >= 4 is 12.0 Å². The molecule has 120 valence electrons. The van der Waals surface area contributed by atoms with Crippen LogP contribution in [0.15, 0.2) is 0 Å². The molecule has 0 saturated carbocycles. The van der Waals surface area contributed by atoms with Crippen molar-refractivity contribution in [1.82, 2.24) is 9.80 Å². The number of piperidine rings is 1. The first-order valence-electron chi connectivity index (χ1n) is 7.93. The largest absolute Gasteiger partial charge is 0.481 e. The van der Waals surface area contributed by atoms with E-state index < -0.39 is 5.97 Å². The van der Waals surface area contributed by atoms with Crippen LogP contribution >= 0.6 is 0 Å². The maximum Gasteiger partial charge on any atom is 0.320 e. The van der Waals surface area contributed by atoms with Crippen LogP contribution in [0.5, 0.6) is 0 Å². The van der Waals surface area contributed by atoms with Crippen molar-refractivity contribution in [2.75, 3.05) is 19.7 Å². The summed E-state index contributed by atoms with van der Waals surface area (Å²) in [6, 6.07) is -0.0801. The van der Waals surface area contributed by atoms with E-state index in [-0.39, 0.29) is 30.6 Å². The molecule has 2 fully saturated rings. The van der Waals surface area contributed by atoms with Crippen LogP contribution in [0, 0.1) is 0 Å². The summed E-state index contributed by atoms with van der Waals surface area (Å²) in [4.78, 5) is 27.5. The molecule has 0 spiro atoms. The van der Waals surface area contributed by atoms with Crippen molar-refractivity contribution in [1.29, 1.82) is 0 Å². The molecule has 2 saturated heterocycles. The van der Waals surface area contributed by atoms with Gasteiger partial charge in [0.25, 0.3) is 0 Å². The Kier molecular flexibility index (Phi) is 5.45. The molecule has 0 bridgehead atoms. The molecule has 6 nitrogen and oxygen atoms in total. The molecule has 2 heterocycles. The molecule has 0 aromatic heterocycles. The predicted molar refractivity (Wildman–Crippen MR) is 78.2 cm³/mol. The van der Waals surface area contributed by atoms with Gasteiger partial charge in [-0.15, -0.1) is 0 Å². The number of nitrogens with zero attached hydrogens (tertiary/aromatic N) is 2. The maximum absolute atomic E-state index is 12.9. The molecule has 6 heteroatoms. The minimum atomic E-state index is -0.831. The summed E-state index contributed by atoms with van der Waals surface area (Å²) >= 11 is 0. The van der Waals surface area contributed by atoms with Crippen LogP contribution in [-0.2, 0) is 9.53 Å². The number of hydrogen-bond donors (Lipinski definition) is 1. The number of carboxylic acid groups (broad SMARTS) is 1. The van der Waals surface area contributed by atoms with Gasteiger partial charge in [0.1, 0.15) is 0 Å². The molecular weight excluding hydrogens is 272 g/mol. The summed E-state index contributed by atoms with van der Waals surface area (Å²) < 4.78 is 5.63. The van der Waals surface area contributed by atoms with Gasteiger partial charge in [-0.05, 0) is 32.6 Å². The molecule has 0 radical (unpaired) electrons. The minimum Gasteiger partial charge on any atom is -0.481 e.